The number of fused-ring (bicyclic) bond motifs is 1. The molecule has 2 aromatic carbocycles. The van der Waals surface area contributed by atoms with Crippen molar-refractivity contribution < 1.29 is 9.59 Å². The summed E-state index contributed by atoms with van der Waals surface area (Å²) in [7, 11) is 0. The van der Waals surface area contributed by atoms with Crippen LogP contribution >= 0.6 is 0 Å². The highest BCUT2D eigenvalue weighted by atomic mass is 16.2. The molecule has 1 fully saturated rings. The molecule has 0 spiro atoms. The van der Waals surface area contributed by atoms with Crippen LogP contribution in [0.4, 0.5) is 0 Å². The minimum absolute atomic E-state index is 0.00138. The van der Waals surface area contributed by atoms with Crippen LogP contribution in [-0.2, 0) is 11.3 Å². The molecule has 7 heteroatoms. The second kappa shape index (κ2) is 9.57. The van der Waals surface area contributed by atoms with E-state index >= 15 is 0 Å². The quantitative estimate of drug-likeness (QED) is 0.603. The highest BCUT2D eigenvalue weighted by Crippen LogP contribution is 2.17. The van der Waals surface area contributed by atoms with Gasteiger partial charge < -0.3 is 9.80 Å². The molecule has 1 saturated heterocycles. The standard InChI is InChI=1S/C26H30N4O3/c1-18(2)20-7-9-21(10-8-20)25(32)29-15-13-28(14-16-29)23(31)11-12-30-17-27-24-19(3)5-4-6-22(24)26(30)33/h4-10,17-18H,11-16H2,1-3H3. The third-order valence-corrected chi connectivity index (χ3v) is 6.37. The van der Waals surface area contributed by atoms with Gasteiger partial charge in [-0.05, 0) is 42.2 Å². The van der Waals surface area contributed by atoms with Crippen molar-refractivity contribution in [1.82, 2.24) is 19.4 Å². The predicted octanol–water partition coefficient (Wildman–Crippen LogP) is 3.20. The Morgan fingerprint density at radius 3 is 2.30 bits per heavy atom. The summed E-state index contributed by atoms with van der Waals surface area (Å²) in [6, 6.07) is 13.3. The van der Waals surface area contributed by atoms with Crippen molar-refractivity contribution in [3.05, 3.63) is 75.8 Å². The highest BCUT2D eigenvalue weighted by Gasteiger charge is 2.25. The zero-order chi connectivity index (χ0) is 23.5. The maximum atomic E-state index is 12.8. The van der Waals surface area contributed by atoms with Gasteiger partial charge in [0, 0.05) is 44.7 Å². The number of nitrogens with zero attached hydrogens (tertiary/aromatic N) is 4. The van der Waals surface area contributed by atoms with Crippen LogP contribution in [0.25, 0.3) is 10.9 Å². The number of rotatable bonds is 5. The van der Waals surface area contributed by atoms with Crippen molar-refractivity contribution in [2.45, 2.75) is 39.7 Å². The first-order chi connectivity index (χ1) is 15.8. The minimum Gasteiger partial charge on any atom is -0.339 e. The van der Waals surface area contributed by atoms with Crippen LogP contribution < -0.4 is 5.56 Å². The number of aromatic nitrogens is 2. The minimum atomic E-state index is -0.129. The molecule has 0 bridgehead atoms. The molecule has 33 heavy (non-hydrogen) atoms. The van der Waals surface area contributed by atoms with Gasteiger partial charge in [0.25, 0.3) is 11.5 Å². The van der Waals surface area contributed by atoms with Gasteiger partial charge in [-0.25, -0.2) is 4.98 Å². The summed E-state index contributed by atoms with van der Waals surface area (Å²) in [5.74, 6) is 0.412. The molecule has 0 radical (unpaired) electrons. The van der Waals surface area contributed by atoms with E-state index in [4.69, 9.17) is 0 Å². The second-order valence-electron chi connectivity index (χ2n) is 8.91. The van der Waals surface area contributed by atoms with Crippen LogP contribution in [0.3, 0.4) is 0 Å². The first kappa shape index (κ1) is 22.7. The molecule has 2 amide bonds. The van der Waals surface area contributed by atoms with Crippen LogP contribution in [0.2, 0.25) is 0 Å². The molecular weight excluding hydrogens is 416 g/mol. The maximum absolute atomic E-state index is 12.8. The summed E-state index contributed by atoms with van der Waals surface area (Å²) in [6.07, 6.45) is 1.75. The number of hydrogen-bond acceptors (Lipinski definition) is 4. The van der Waals surface area contributed by atoms with E-state index in [0.29, 0.717) is 48.6 Å². The van der Waals surface area contributed by atoms with Crippen LogP contribution in [0.5, 0.6) is 0 Å². The van der Waals surface area contributed by atoms with Crippen LogP contribution in [0.15, 0.2) is 53.6 Å². The summed E-state index contributed by atoms with van der Waals surface area (Å²) in [5, 5.41) is 0.568. The molecule has 0 unspecified atom stereocenters. The van der Waals surface area contributed by atoms with Gasteiger partial charge in [-0.15, -0.1) is 0 Å². The molecule has 1 aromatic heterocycles. The molecule has 1 aliphatic rings. The van der Waals surface area contributed by atoms with Gasteiger partial charge in [0.15, 0.2) is 0 Å². The van der Waals surface area contributed by atoms with Gasteiger partial charge in [0.1, 0.15) is 0 Å². The van der Waals surface area contributed by atoms with Crippen molar-refractivity contribution in [3.63, 3.8) is 0 Å². The van der Waals surface area contributed by atoms with E-state index in [1.54, 1.807) is 15.9 Å². The molecule has 0 aliphatic carbocycles. The summed E-state index contributed by atoms with van der Waals surface area (Å²) in [4.78, 5) is 46.3. The third-order valence-electron chi connectivity index (χ3n) is 6.37. The largest absolute Gasteiger partial charge is 0.339 e. The Kier molecular flexibility index (Phi) is 6.58. The summed E-state index contributed by atoms with van der Waals surface area (Å²) in [6.45, 7) is 8.48. The van der Waals surface area contributed by atoms with E-state index < -0.39 is 0 Å². The number of piperazine rings is 1. The molecule has 7 nitrogen and oxygen atoms in total. The first-order valence-corrected chi connectivity index (χ1v) is 11.5. The number of carbonyl (C=O) groups excluding carboxylic acids is 2. The molecule has 1 aliphatic heterocycles. The fourth-order valence-electron chi connectivity index (χ4n) is 4.22. The van der Waals surface area contributed by atoms with Gasteiger partial charge in [0.2, 0.25) is 5.91 Å². The van der Waals surface area contributed by atoms with Crippen LogP contribution in [0, 0.1) is 6.92 Å². The number of carbonyl (C=O) groups is 2. The number of benzene rings is 2. The SMILES string of the molecule is Cc1cccc2c(=O)n(CCC(=O)N3CCN(C(=O)c4ccc(C(C)C)cc4)CC3)cnc12. The van der Waals surface area contributed by atoms with E-state index in [0.717, 1.165) is 5.56 Å². The normalized spacial score (nSPS) is 14.2. The molecular formula is C26H30N4O3. The van der Waals surface area contributed by atoms with E-state index in [2.05, 4.69) is 18.8 Å². The van der Waals surface area contributed by atoms with E-state index in [9.17, 15) is 14.4 Å². The zero-order valence-electron chi connectivity index (χ0n) is 19.5. The lowest BCUT2D eigenvalue weighted by atomic mass is 10.0. The van der Waals surface area contributed by atoms with E-state index in [-0.39, 0.29) is 30.3 Å². The van der Waals surface area contributed by atoms with Gasteiger partial charge in [-0.2, -0.15) is 0 Å². The monoisotopic (exact) mass is 446 g/mol. The molecule has 4 rings (SSSR count). The Bertz CT molecular complexity index is 1220. The second-order valence-corrected chi connectivity index (χ2v) is 8.91. The smallest absolute Gasteiger partial charge is 0.261 e. The Morgan fingerprint density at radius 1 is 0.970 bits per heavy atom. The summed E-state index contributed by atoms with van der Waals surface area (Å²) >= 11 is 0. The van der Waals surface area contributed by atoms with Crippen molar-refractivity contribution in [2.24, 2.45) is 0 Å². The lowest BCUT2D eigenvalue weighted by Crippen LogP contribution is -2.50. The number of amides is 2. The topological polar surface area (TPSA) is 75.5 Å². The van der Waals surface area contributed by atoms with E-state index in [1.165, 1.54) is 16.5 Å². The lowest BCUT2D eigenvalue weighted by molar-refractivity contribution is -0.132. The van der Waals surface area contributed by atoms with Crippen molar-refractivity contribution in [1.29, 1.82) is 0 Å². The van der Waals surface area contributed by atoms with Gasteiger partial charge >= 0.3 is 0 Å². The van der Waals surface area contributed by atoms with Crippen LogP contribution in [-0.4, -0.2) is 57.3 Å². The third kappa shape index (κ3) is 4.82. The van der Waals surface area contributed by atoms with Gasteiger partial charge in [-0.1, -0.05) is 38.1 Å². The maximum Gasteiger partial charge on any atom is 0.261 e. The summed E-state index contributed by atoms with van der Waals surface area (Å²) in [5.41, 5.74) is 3.41. The predicted molar refractivity (Wildman–Crippen MR) is 128 cm³/mol. The van der Waals surface area contributed by atoms with E-state index in [1.807, 2.05) is 43.3 Å². The average Bonchev–Trinajstić information content (AvgIpc) is 2.83. The molecule has 2 heterocycles. The number of aryl methyl sites for hydroxylation is 2. The first-order valence-electron chi connectivity index (χ1n) is 11.5. The molecule has 3 aromatic rings. The Labute approximate surface area is 193 Å². The fourth-order valence-corrected chi connectivity index (χ4v) is 4.22. The molecule has 172 valence electrons. The average molecular weight is 447 g/mol. The Morgan fingerprint density at radius 2 is 1.64 bits per heavy atom. The van der Waals surface area contributed by atoms with Crippen molar-refractivity contribution in [3.8, 4) is 0 Å². The molecule has 0 atom stereocenters. The lowest BCUT2D eigenvalue weighted by Gasteiger charge is -2.35. The van der Waals surface area contributed by atoms with Gasteiger partial charge in [0.05, 0.1) is 17.2 Å². The molecule has 0 N–H and O–H groups in total. The number of para-hydroxylation sites is 1. The zero-order valence-corrected chi connectivity index (χ0v) is 19.5. The number of hydrogen-bond donors (Lipinski definition) is 0. The highest BCUT2D eigenvalue weighted by molar-refractivity contribution is 5.94. The van der Waals surface area contributed by atoms with Crippen molar-refractivity contribution >= 4 is 22.7 Å². The Balaban J connectivity index is 1.32. The van der Waals surface area contributed by atoms with Crippen molar-refractivity contribution in [2.75, 3.05) is 26.2 Å². The Hall–Kier alpha value is -3.48. The summed E-state index contributed by atoms with van der Waals surface area (Å²) < 4.78 is 1.50. The van der Waals surface area contributed by atoms with Gasteiger partial charge in [-0.3, -0.25) is 19.0 Å². The van der Waals surface area contributed by atoms with Crippen LogP contribution in [0.1, 0.15) is 47.7 Å². The molecule has 0 saturated carbocycles. The fraction of sp³-hybridized carbons (Fsp3) is 0.385.